The van der Waals surface area contributed by atoms with Crippen molar-refractivity contribution in [2.45, 2.75) is 31.0 Å². The Morgan fingerprint density at radius 2 is 2.12 bits per heavy atom. The smallest absolute Gasteiger partial charge is 0.423 e. The molecule has 2 aromatic rings. The van der Waals surface area contributed by atoms with Crippen molar-refractivity contribution in [3.05, 3.63) is 12.5 Å². The summed E-state index contributed by atoms with van der Waals surface area (Å²) in [7, 11) is -1.91. The number of aliphatic hydroxyl groups excluding tert-OH is 2. The molecule has 0 unspecified atom stereocenters. The highest BCUT2D eigenvalue weighted by atomic mass is 16.6. The van der Waals surface area contributed by atoms with Gasteiger partial charge in [0.15, 0.2) is 12.0 Å². The Morgan fingerprint density at radius 3 is 2.67 bits per heavy atom. The molecule has 0 aliphatic carbocycles. The quantitative estimate of drug-likeness (QED) is 0.223. The van der Waals surface area contributed by atoms with Crippen molar-refractivity contribution in [1.29, 1.82) is 0 Å². The molecular formula is C12H17BN4O7. The summed E-state index contributed by atoms with van der Waals surface area (Å²) in [4.78, 5) is 7.81. The van der Waals surface area contributed by atoms with Gasteiger partial charge in [0.05, 0.1) is 12.0 Å². The van der Waals surface area contributed by atoms with Crippen LogP contribution < -0.4 is 10.9 Å². The molecule has 0 saturated carbocycles. The minimum atomic E-state index is -1.91. The lowest BCUT2D eigenvalue weighted by Crippen LogP contribution is -2.44. The van der Waals surface area contributed by atoms with Crippen LogP contribution in [0, 0.1) is 0 Å². The maximum Gasteiger partial charge on any atom is 0.490 e. The predicted molar refractivity (Wildman–Crippen MR) is 80.4 cm³/mol. The Bertz CT molecular complexity index is 752. The maximum absolute atomic E-state index is 10.6. The van der Waals surface area contributed by atoms with E-state index in [2.05, 4.69) is 9.97 Å². The minimum Gasteiger partial charge on any atom is -0.423 e. The average Bonchev–Trinajstić information content (AvgIpc) is 3.04. The molecular weight excluding hydrogens is 323 g/mol. The lowest BCUT2D eigenvalue weighted by atomic mass is 9.80. The molecule has 1 fully saturated rings. The van der Waals surface area contributed by atoms with E-state index in [-0.39, 0.29) is 22.3 Å². The van der Waals surface area contributed by atoms with E-state index in [0.717, 1.165) is 6.33 Å². The van der Waals surface area contributed by atoms with Gasteiger partial charge in [-0.25, -0.2) is 9.97 Å². The highest BCUT2D eigenvalue weighted by Crippen LogP contribution is 2.39. The van der Waals surface area contributed by atoms with Crippen molar-refractivity contribution >= 4 is 29.4 Å². The monoisotopic (exact) mass is 340 g/mol. The van der Waals surface area contributed by atoms with E-state index in [9.17, 15) is 30.6 Å². The molecule has 1 aliphatic heterocycles. The van der Waals surface area contributed by atoms with E-state index < -0.39 is 37.8 Å². The topological polar surface area (TPSA) is 173 Å². The fourth-order valence-corrected chi connectivity index (χ4v) is 2.96. The number of rotatable bonds is 4. The first-order valence-corrected chi connectivity index (χ1v) is 7.11. The summed E-state index contributed by atoms with van der Waals surface area (Å²) in [6.45, 7) is 0.812. The van der Waals surface area contributed by atoms with Gasteiger partial charge >= 0.3 is 7.12 Å². The summed E-state index contributed by atoms with van der Waals surface area (Å²) in [5, 5.41) is 58.4. The second kappa shape index (κ2) is 5.93. The van der Waals surface area contributed by atoms with Crippen molar-refractivity contribution in [2.75, 3.05) is 12.1 Å². The van der Waals surface area contributed by atoms with Gasteiger partial charge in [0.1, 0.15) is 29.8 Å². The number of fused-ring (bicyclic) bond motifs is 1. The summed E-state index contributed by atoms with van der Waals surface area (Å²) < 4.78 is 6.79. The summed E-state index contributed by atoms with van der Waals surface area (Å²) in [6, 6.07) is 0. The lowest BCUT2D eigenvalue weighted by Gasteiger charge is -2.27. The molecule has 24 heavy (non-hydrogen) atoms. The Kier molecular flexibility index (Phi) is 4.21. The molecule has 0 spiro atoms. The van der Waals surface area contributed by atoms with Gasteiger partial charge in [-0.15, -0.1) is 0 Å². The van der Waals surface area contributed by atoms with Crippen LogP contribution in [-0.2, 0) is 4.74 Å². The summed E-state index contributed by atoms with van der Waals surface area (Å²) in [6.07, 6.45) is -1.18. The molecule has 12 heteroatoms. The number of nitrogens with zero attached hydrogens (tertiary/aromatic N) is 3. The van der Waals surface area contributed by atoms with Gasteiger partial charge in [0, 0.05) is 11.7 Å². The van der Waals surface area contributed by atoms with Gasteiger partial charge in [-0.2, -0.15) is 0 Å². The van der Waals surface area contributed by atoms with Crippen molar-refractivity contribution in [3.63, 3.8) is 0 Å². The van der Waals surface area contributed by atoms with Gasteiger partial charge < -0.3 is 34.7 Å². The highest BCUT2D eigenvalue weighted by molar-refractivity contribution is 6.62. The minimum absolute atomic E-state index is 0.0384. The van der Waals surface area contributed by atoms with Crippen LogP contribution >= 0.6 is 0 Å². The SMILES string of the molecule is C[C@@]1(O)[C@H](O)[C@@H](CO)O[C@H]1n1cc(B(O)O)c2c(NO)ncnc21. The molecule has 0 amide bonds. The van der Waals surface area contributed by atoms with Gasteiger partial charge in [0.2, 0.25) is 0 Å². The molecule has 1 saturated heterocycles. The van der Waals surface area contributed by atoms with Crippen LogP contribution in [0.2, 0.25) is 0 Å². The van der Waals surface area contributed by atoms with Gasteiger partial charge in [-0.3, -0.25) is 10.7 Å². The Morgan fingerprint density at radius 1 is 1.42 bits per heavy atom. The Balaban J connectivity index is 2.21. The molecule has 0 aromatic carbocycles. The van der Waals surface area contributed by atoms with E-state index in [1.54, 1.807) is 0 Å². The van der Waals surface area contributed by atoms with E-state index in [1.807, 2.05) is 5.48 Å². The first-order chi connectivity index (χ1) is 11.3. The molecule has 3 heterocycles. The number of aromatic nitrogens is 3. The number of ether oxygens (including phenoxy) is 1. The number of aliphatic hydroxyl groups is 3. The summed E-state index contributed by atoms with van der Waals surface area (Å²) in [5.41, 5.74) is 0.144. The largest absolute Gasteiger partial charge is 0.490 e. The zero-order valence-corrected chi connectivity index (χ0v) is 12.6. The second-order valence-corrected chi connectivity index (χ2v) is 5.78. The fraction of sp³-hybridized carbons (Fsp3) is 0.500. The van der Waals surface area contributed by atoms with Gasteiger partial charge in [-0.1, -0.05) is 0 Å². The van der Waals surface area contributed by atoms with Gasteiger partial charge in [-0.05, 0) is 6.92 Å². The molecule has 2 aromatic heterocycles. The van der Waals surface area contributed by atoms with Crippen LogP contribution in [0.15, 0.2) is 12.5 Å². The zero-order valence-electron chi connectivity index (χ0n) is 12.6. The molecule has 1 aliphatic rings. The third-order valence-electron chi connectivity index (χ3n) is 4.21. The normalized spacial score (nSPS) is 30.0. The molecule has 0 bridgehead atoms. The van der Waals surface area contributed by atoms with Crippen LogP contribution in [0.5, 0.6) is 0 Å². The first kappa shape index (κ1) is 17.0. The molecule has 7 N–H and O–H groups in total. The number of hydrogen-bond donors (Lipinski definition) is 7. The Hall–Kier alpha value is -1.80. The van der Waals surface area contributed by atoms with Crippen molar-refractivity contribution in [2.24, 2.45) is 0 Å². The predicted octanol–water partition coefficient (Wildman–Crippen LogP) is -3.09. The highest BCUT2D eigenvalue weighted by Gasteiger charge is 2.53. The van der Waals surface area contributed by atoms with Gasteiger partial charge in [0.25, 0.3) is 0 Å². The van der Waals surface area contributed by atoms with E-state index in [0.29, 0.717) is 0 Å². The molecule has 3 rings (SSSR count). The van der Waals surface area contributed by atoms with Crippen molar-refractivity contribution in [1.82, 2.24) is 14.5 Å². The molecule has 130 valence electrons. The van der Waals surface area contributed by atoms with E-state index in [1.165, 1.54) is 17.7 Å². The lowest BCUT2D eigenvalue weighted by molar-refractivity contribution is -0.0947. The number of nitrogens with one attached hydrogen (secondary N) is 1. The van der Waals surface area contributed by atoms with E-state index in [4.69, 9.17) is 4.74 Å². The Labute approximate surface area is 135 Å². The molecule has 4 atom stereocenters. The number of hydrogen-bond acceptors (Lipinski definition) is 10. The standard InChI is InChI=1S/C12H17BN4O7/c1-12(20)8(19)6(3-18)24-11(12)17-2-5(13(21)22)7-9(16-23)14-4-15-10(7)17/h2,4,6,8,11,18-23H,3H2,1H3,(H,14,15,16)/t6-,8-,11-,12-/m1/s1. The van der Waals surface area contributed by atoms with Crippen LogP contribution in [0.25, 0.3) is 11.0 Å². The summed E-state index contributed by atoms with van der Waals surface area (Å²) >= 11 is 0. The zero-order chi connectivity index (χ0) is 17.6. The molecule has 0 radical (unpaired) electrons. The van der Waals surface area contributed by atoms with Crippen LogP contribution in [0.3, 0.4) is 0 Å². The van der Waals surface area contributed by atoms with E-state index >= 15 is 0 Å². The van der Waals surface area contributed by atoms with Crippen LogP contribution in [0.1, 0.15) is 13.2 Å². The number of anilines is 1. The molecule has 11 nitrogen and oxygen atoms in total. The third kappa shape index (κ3) is 2.36. The average molecular weight is 340 g/mol. The second-order valence-electron chi connectivity index (χ2n) is 5.78. The fourth-order valence-electron chi connectivity index (χ4n) is 2.96. The third-order valence-corrected chi connectivity index (χ3v) is 4.21. The maximum atomic E-state index is 10.6. The first-order valence-electron chi connectivity index (χ1n) is 7.11. The van der Waals surface area contributed by atoms with Crippen molar-refractivity contribution < 1.29 is 35.3 Å². The summed E-state index contributed by atoms with van der Waals surface area (Å²) in [5.74, 6) is -0.0706. The van der Waals surface area contributed by atoms with Crippen LogP contribution in [0.4, 0.5) is 5.82 Å². The van der Waals surface area contributed by atoms with Crippen molar-refractivity contribution in [3.8, 4) is 0 Å². The van der Waals surface area contributed by atoms with Crippen LogP contribution in [-0.4, -0.2) is 76.6 Å².